The molecule has 2 atom stereocenters. The Labute approximate surface area is 119 Å². The topological polar surface area (TPSA) is 57.6 Å². The molecule has 0 aromatic heterocycles. The Morgan fingerprint density at radius 3 is 2.75 bits per heavy atom. The maximum atomic E-state index is 12.6. The Hall–Kier alpha value is -1.84. The highest BCUT2D eigenvalue weighted by Crippen LogP contribution is 2.31. The van der Waals surface area contributed by atoms with Crippen LogP contribution in [0.3, 0.4) is 0 Å². The maximum Gasteiger partial charge on any atom is 0.308 e. The van der Waals surface area contributed by atoms with Crippen LogP contribution in [0.2, 0.25) is 0 Å². The molecule has 0 saturated carbocycles. The minimum absolute atomic E-state index is 0.0326. The summed E-state index contributed by atoms with van der Waals surface area (Å²) in [6.07, 6.45) is 2.28. The molecule has 0 spiro atoms. The number of para-hydroxylation sites is 1. The van der Waals surface area contributed by atoms with Crippen LogP contribution in [0.15, 0.2) is 24.3 Å². The first kappa shape index (κ1) is 14.6. The lowest BCUT2D eigenvalue weighted by molar-refractivity contribution is -0.141. The summed E-state index contributed by atoms with van der Waals surface area (Å²) in [4.78, 5) is 25.5. The third kappa shape index (κ3) is 2.84. The van der Waals surface area contributed by atoms with Gasteiger partial charge >= 0.3 is 5.97 Å². The largest absolute Gasteiger partial charge is 0.481 e. The smallest absolute Gasteiger partial charge is 0.308 e. The van der Waals surface area contributed by atoms with Crippen LogP contribution in [-0.2, 0) is 16.0 Å². The number of rotatable bonds is 4. The molecular weight excluding hydrogens is 254 g/mol. The third-order valence-electron chi connectivity index (χ3n) is 3.91. The van der Waals surface area contributed by atoms with E-state index in [0.717, 1.165) is 24.1 Å². The van der Waals surface area contributed by atoms with Gasteiger partial charge in [0.2, 0.25) is 5.91 Å². The first-order chi connectivity index (χ1) is 9.54. The van der Waals surface area contributed by atoms with E-state index in [2.05, 4.69) is 0 Å². The molecule has 0 saturated heterocycles. The molecule has 1 aliphatic heterocycles. The summed E-state index contributed by atoms with van der Waals surface area (Å²) in [7, 11) is 0. The molecule has 1 aromatic rings. The highest BCUT2D eigenvalue weighted by molar-refractivity contribution is 5.97. The zero-order valence-corrected chi connectivity index (χ0v) is 12.0. The van der Waals surface area contributed by atoms with E-state index in [1.165, 1.54) is 0 Å². The van der Waals surface area contributed by atoms with Crippen molar-refractivity contribution in [3.8, 4) is 0 Å². The molecule has 1 heterocycles. The first-order valence-corrected chi connectivity index (χ1v) is 7.16. The monoisotopic (exact) mass is 275 g/mol. The molecule has 0 bridgehead atoms. The molecule has 0 fully saturated rings. The van der Waals surface area contributed by atoms with E-state index < -0.39 is 11.9 Å². The van der Waals surface area contributed by atoms with Gasteiger partial charge < -0.3 is 10.0 Å². The third-order valence-corrected chi connectivity index (χ3v) is 3.91. The van der Waals surface area contributed by atoms with Gasteiger partial charge in [0.1, 0.15) is 0 Å². The number of aliphatic carboxylic acids is 1. The number of anilines is 1. The summed E-state index contributed by atoms with van der Waals surface area (Å²) in [5, 5.41) is 9.27. The predicted octanol–water partition coefficient (Wildman–Crippen LogP) is 2.71. The molecule has 2 rings (SSSR count). The summed E-state index contributed by atoms with van der Waals surface area (Å²) in [6.45, 7) is 4.24. The number of carbonyl (C=O) groups excluding carboxylic acids is 1. The van der Waals surface area contributed by atoms with Crippen LogP contribution in [0.25, 0.3) is 0 Å². The van der Waals surface area contributed by atoms with Crippen LogP contribution in [-0.4, -0.2) is 23.5 Å². The van der Waals surface area contributed by atoms with Crippen LogP contribution in [0.5, 0.6) is 0 Å². The number of amides is 1. The van der Waals surface area contributed by atoms with Crippen molar-refractivity contribution >= 4 is 17.6 Å². The van der Waals surface area contributed by atoms with E-state index in [-0.39, 0.29) is 18.4 Å². The minimum atomic E-state index is -0.833. The van der Waals surface area contributed by atoms with Crippen molar-refractivity contribution in [3.05, 3.63) is 29.8 Å². The lowest BCUT2D eigenvalue weighted by Crippen LogP contribution is -2.44. The average molecular weight is 275 g/mol. The van der Waals surface area contributed by atoms with Gasteiger partial charge in [0.05, 0.1) is 5.92 Å². The number of hydrogen-bond acceptors (Lipinski definition) is 2. The zero-order chi connectivity index (χ0) is 14.7. The lowest BCUT2D eigenvalue weighted by Gasteiger charge is -2.34. The SMILES string of the molecule is CCCC(C)C(=O)N1CC(C(=O)O)Cc2ccccc21. The van der Waals surface area contributed by atoms with Gasteiger partial charge in [0.25, 0.3) is 0 Å². The van der Waals surface area contributed by atoms with Crippen molar-refractivity contribution in [1.29, 1.82) is 0 Å². The first-order valence-electron chi connectivity index (χ1n) is 7.16. The van der Waals surface area contributed by atoms with Crippen molar-refractivity contribution in [3.63, 3.8) is 0 Å². The highest BCUT2D eigenvalue weighted by Gasteiger charge is 2.33. The van der Waals surface area contributed by atoms with Crippen molar-refractivity contribution < 1.29 is 14.7 Å². The lowest BCUT2D eigenvalue weighted by atomic mass is 9.91. The van der Waals surface area contributed by atoms with E-state index in [4.69, 9.17) is 0 Å². The Morgan fingerprint density at radius 2 is 2.10 bits per heavy atom. The molecular formula is C16H21NO3. The Bertz CT molecular complexity index is 512. The fourth-order valence-electron chi connectivity index (χ4n) is 2.79. The maximum absolute atomic E-state index is 12.6. The van der Waals surface area contributed by atoms with E-state index in [1.807, 2.05) is 38.1 Å². The number of carboxylic acid groups (broad SMARTS) is 1. The molecule has 1 aliphatic rings. The number of carboxylic acids is 1. The van der Waals surface area contributed by atoms with Gasteiger partial charge in [-0.1, -0.05) is 38.5 Å². The molecule has 4 heteroatoms. The van der Waals surface area contributed by atoms with Crippen LogP contribution in [0.1, 0.15) is 32.3 Å². The molecule has 1 aromatic carbocycles. The van der Waals surface area contributed by atoms with Gasteiger partial charge in [-0.25, -0.2) is 0 Å². The number of carbonyl (C=O) groups is 2. The molecule has 0 radical (unpaired) electrons. The van der Waals surface area contributed by atoms with Crippen molar-refractivity contribution in [2.24, 2.45) is 11.8 Å². The van der Waals surface area contributed by atoms with Crippen LogP contribution in [0.4, 0.5) is 5.69 Å². The second-order valence-corrected chi connectivity index (χ2v) is 5.51. The van der Waals surface area contributed by atoms with Gasteiger partial charge in [0, 0.05) is 18.2 Å². The quantitative estimate of drug-likeness (QED) is 0.919. The number of nitrogens with zero attached hydrogens (tertiary/aromatic N) is 1. The summed E-state index contributed by atoms with van der Waals surface area (Å²) in [6, 6.07) is 7.60. The molecule has 1 amide bonds. The molecule has 108 valence electrons. The minimum Gasteiger partial charge on any atom is -0.481 e. The summed E-state index contributed by atoms with van der Waals surface area (Å²) in [5.74, 6) is -1.38. The number of fused-ring (bicyclic) bond motifs is 1. The summed E-state index contributed by atoms with van der Waals surface area (Å²) >= 11 is 0. The van der Waals surface area contributed by atoms with Crippen LogP contribution < -0.4 is 4.90 Å². The van der Waals surface area contributed by atoms with Crippen molar-refractivity contribution in [2.75, 3.05) is 11.4 Å². The summed E-state index contributed by atoms with van der Waals surface area (Å²) < 4.78 is 0. The number of benzene rings is 1. The van der Waals surface area contributed by atoms with Gasteiger partial charge in [-0.15, -0.1) is 0 Å². The normalized spacial score (nSPS) is 19.3. The average Bonchev–Trinajstić information content (AvgIpc) is 2.45. The van der Waals surface area contributed by atoms with Crippen LogP contribution in [0, 0.1) is 11.8 Å². The van der Waals surface area contributed by atoms with Gasteiger partial charge in [-0.3, -0.25) is 9.59 Å². The highest BCUT2D eigenvalue weighted by atomic mass is 16.4. The second kappa shape index (κ2) is 6.07. The van der Waals surface area contributed by atoms with Crippen molar-refractivity contribution in [1.82, 2.24) is 0 Å². The molecule has 1 N–H and O–H groups in total. The molecule has 0 aliphatic carbocycles. The van der Waals surface area contributed by atoms with Gasteiger partial charge in [-0.05, 0) is 24.5 Å². The zero-order valence-electron chi connectivity index (χ0n) is 12.0. The molecule has 4 nitrogen and oxygen atoms in total. The molecule has 20 heavy (non-hydrogen) atoms. The summed E-state index contributed by atoms with van der Waals surface area (Å²) in [5.41, 5.74) is 1.82. The van der Waals surface area contributed by atoms with E-state index >= 15 is 0 Å². The Kier molecular flexibility index (Phi) is 4.42. The van der Waals surface area contributed by atoms with E-state index in [9.17, 15) is 14.7 Å². The predicted molar refractivity (Wildman–Crippen MR) is 77.7 cm³/mol. The standard InChI is InChI=1S/C16H21NO3/c1-3-6-11(2)15(18)17-10-13(16(19)20)9-12-7-4-5-8-14(12)17/h4-5,7-8,11,13H,3,6,9-10H2,1-2H3,(H,19,20). The Morgan fingerprint density at radius 1 is 1.40 bits per heavy atom. The van der Waals surface area contributed by atoms with E-state index in [1.54, 1.807) is 4.90 Å². The second-order valence-electron chi connectivity index (χ2n) is 5.51. The fourth-order valence-corrected chi connectivity index (χ4v) is 2.79. The van der Waals surface area contributed by atoms with Gasteiger partial charge in [0.15, 0.2) is 0 Å². The van der Waals surface area contributed by atoms with E-state index in [0.29, 0.717) is 6.42 Å². The van der Waals surface area contributed by atoms with Crippen LogP contribution >= 0.6 is 0 Å². The van der Waals surface area contributed by atoms with Gasteiger partial charge in [-0.2, -0.15) is 0 Å². The molecule has 2 unspecified atom stereocenters. The fraction of sp³-hybridized carbons (Fsp3) is 0.500. The van der Waals surface area contributed by atoms with Crippen molar-refractivity contribution in [2.45, 2.75) is 33.1 Å². The Balaban J connectivity index is 2.31. The number of hydrogen-bond donors (Lipinski definition) is 1.